The second-order valence-corrected chi connectivity index (χ2v) is 13.0. The van der Waals surface area contributed by atoms with Gasteiger partial charge in [0.25, 0.3) is 0 Å². The van der Waals surface area contributed by atoms with E-state index < -0.39 is 8.32 Å². The lowest BCUT2D eigenvalue weighted by atomic mass is 10.2. The van der Waals surface area contributed by atoms with E-state index in [0.717, 1.165) is 4.91 Å². The van der Waals surface area contributed by atoms with E-state index >= 15 is 0 Å². The van der Waals surface area contributed by atoms with Gasteiger partial charge < -0.3 is 4.43 Å². The molecule has 1 aliphatic heterocycles. The minimum atomic E-state index is -1.67. The van der Waals surface area contributed by atoms with Crippen LogP contribution in [0.1, 0.15) is 20.8 Å². The predicted octanol–water partition coefficient (Wildman–Crippen LogP) is 4.94. The zero-order chi connectivity index (χ0) is 13.8. The molecule has 0 aromatic heterocycles. The average molecular weight is 304 g/mol. The van der Waals surface area contributed by atoms with E-state index in [9.17, 15) is 4.91 Å². The fourth-order valence-corrected chi connectivity index (χ4v) is 4.04. The van der Waals surface area contributed by atoms with Crippen LogP contribution in [-0.4, -0.2) is 21.5 Å². The van der Waals surface area contributed by atoms with Crippen molar-refractivity contribution < 1.29 is 4.43 Å². The molecular formula is C12H21NO2S2Si. The Kier molecular flexibility index (Phi) is 5.70. The van der Waals surface area contributed by atoms with Crippen molar-refractivity contribution in [1.29, 1.82) is 0 Å². The first kappa shape index (κ1) is 16.0. The fourth-order valence-electron chi connectivity index (χ4n) is 1.03. The van der Waals surface area contributed by atoms with Crippen LogP contribution in [-0.2, 0) is 4.43 Å². The summed E-state index contributed by atoms with van der Waals surface area (Å²) in [5, 5.41) is 3.13. The molecule has 1 heterocycles. The van der Waals surface area contributed by atoms with Crippen molar-refractivity contribution in [2.75, 3.05) is 13.2 Å². The van der Waals surface area contributed by atoms with E-state index in [-0.39, 0.29) is 11.6 Å². The average Bonchev–Trinajstić information content (AvgIpc) is 2.27. The Hall–Kier alpha value is -0.0431. The predicted molar refractivity (Wildman–Crippen MR) is 85.2 cm³/mol. The van der Waals surface area contributed by atoms with Crippen LogP contribution in [0.2, 0.25) is 18.1 Å². The standard InChI is InChI=1S/C12H21NO2S2Si/c1-12(2,3)18(4,5)15-9-11-7-6-10(8-13-14)16-17-11/h6-7H,8-9H2,1-5H3. The molecule has 0 bridgehead atoms. The normalized spacial score (nSPS) is 17.2. The number of hydrogen-bond donors (Lipinski definition) is 0. The van der Waals surface area contributed by atoms with E-state index in [1.165, 1.54) is 4.91 Å². The van der Waals surface area contributed by atoms with Crippen molar-refractivity contribution in [2.45, 2.75) is 38.9 Å². The number of nitroso groups, excluding NO2 is 1. The minimum absolute atomic E-state index is 0.239. The van der Waals surface area contributed by atoms with Gasteiger partial charge in [-0.2, -0.15) is 4.91 Å². The smallest absolute Gasteiger partial charge is 0.192 e. The van der Waals surface area contributed by atoms with E-state index in [1.807, 2.05) is 12.2 Å². The number of allylic oxidation sites excluding steroid dienone is 2. The van der Waals surface area contributed by atoms with Gasteiger partial charge in [-0.05, 0) is 30.3 Å². The van der Waals surface area contributed by atoms with Crippen LogP contribution in [0.3, 0.4) is 0 Å². The maximum atomic E-state index is 10.2. The summed E-state index contributed by atoms with van der Waals surface area (Å²) >= 11 is 0. The van der Waals surface area contributed by atoms with Crippen LogP contribution in [0.25, 0.3) is 0 Å². The van der Waals surface area contributed by atoms with Gasteiger partial charge in [0.2, 0.25) is 0 Å². The fraction of sp³-hybridized carbons (Fsp3) is 0.667. The van der Waals surface area contributed by atoms with Gasteiger partial charge in [0.05, 0.1) is 6.61 Å². The van der Waals surface area contributed by atoms with Crippen molar-refractivity contribution in [3.63, 3.8) is 0 Å². The molecule has 0 N–H and O–H groups in total. The first-order valence-corrected chi connectivity index (χ1v) is 11.0. The van der Waals surface area contributed by atoms with Crippen LogP contribution in [0.4, 0.5) is 0 Å². The number of rotatable bonds is 5. The van der Waals surface area contributed by atoms with Gasteiger partial charge >= 0.3 is 0 Å². The largest absolute Gasteiger partial charge is 0.412 e. The lowest BCUT2D eigenvalue weighted by Gasteiger charge is -2.36. The van der Waals surface area contributed by atoms with Crippen LogP contribution in [0.15, 0.2) is 27.1 Å². The van der Waals surface area contributed by atoms with E-state index in [4.69, 9.17) is 4.43 Å². The molecule has 18 heavy (non-hydrogen) atoms. The highest BCUT2D eigenvalue weighted by Gasteiger charge is 2.37. The quantitative estimate of drug-likeness (QED) is 0.410. The molecule has 0 unspecified atom stereocenters. The highest BCUT2D eigenvalue weighted by atomic mass is 33.1. The third-order valence-electron chi connectivity index (χ3n) is 3.31. The summed E-state index contributed by atoms with van der Waals surface area (Å²) < 4.78 is 6.15. The molecule has 0 aromatic rings. The molecule has 6 heteroatoms. The molecule has 0 amide bonds. The third kappa shape index (κ3) is 4.57. The van der Waals surface area contributed by atoms with Crippen LogP contribution < -0.4 is 0 Å². The molecule has 0 atom stereocenters. The molecule has 3 nitrogen and oxygen atoms in total. The first-order valence-electron chi connectivity index (χ1n) is 5.93. The third-order valence-corrected chi connectivity index (χ3v) is 10.4. The summed E-state index contributed by atoms with van der Waals surface area (Å²) in [6.07, 6.45) is 4.00. The Morgan fingerprint density at radius 1 is 1.22 bits per heavy atom. The molecule has 0 fully saturated rings. The van der Waals surface area contributed by atoms with Crippen molar-refractivity contribution >= 4 is 29.9 Å². The van der Waals surface area contributed by atoms with E-state index in [1.54, 1.807) is 21.6 Å². The van der Waals surface area contributed by atoms with E-state index in [2.05, 4.69) is 39.0 Å². The monoisotopic (exact) mass is 303 g/mol. The van der Waals surface area contributed by atoms with Gasteiger partial charge in [0.15, 0.2) is 8.32 Å². The molecule has 0 spiro atoms. The van der Waals surface area contributed by atoms with E-state index in [0.29, 0.717) is 6.61 Å². The van der Waals surface area contributed by atoms with Gasteiger partial charge in [-0.15, -0.1) is 0 Å². The molecule has 1 aliphatic rings. The van der Waals surface area contributed by atoms with Crippen LogP contribution in [0, 0.1) is 4.91 Å². The van der Waals surface area contributed by atoms with Crippen molar-refractivity contribution in [1.82, 2.24) is 0 Å². The second kappa shape index (κ2) is 6.41. The van der Waals surface area contributed by atoms with Crippen molar-refractivity contribution in [2.24, 2.45) is 5.18 Å². The lowest BCUT2D eigenvalue weighted by molar-refractivity contribution is 0.325. The number of hydrogen-bond acceptors (Lipinski definition) is 5. The SMILES string of the molecule is CC(C)(C)[Si](C)(C)OCC1=CC=C(CN=O)SS1. The Balaban J connectivity index is 2.53. The molecule has 1 rings (SSSR count). The Morgan fingerprint density at radius 3 is 2.22 bits per heavy atom. The van der Waals surface area contributed by atoms with Gasteiger partial charge in [-0.1, -0.05) is 47.5 Å². The number of nitrogens with zero attached hydrogens (tertiary/aromatic N) is 1. The van der Waals surface area contributed by atoms with Gasteiger partial charge in [-0.25, -0.2) is 0 Å². The van der Waals surface area contributed by atoms with Crippen LogP contribution in [0.5, 0.6) is 0 Å². The highest BCUT2D eigenvalue weighted by molar-refractivity contribution is 8.79. The maximum Gasteiger partial charge on any atom is 0.192 e. The summed E-state index contributed by atoms with van der Waals surface area (Å²) in [7, 11) is 1.60. The van der Waals surface area contributed by atoms with Crippen LogP contribution >= 0.6 is 21.6 Å². The summed E-state index contributed by atoms with van der Waals surface area (Å²) in [5.74, 6) is 0. The molecule has 102 valence electrons. The highest BCUT2D eigenvalue weighted by Crippen LogP contribution is 2.42. The van der Waals surface area contributed by atoms with Crippen molar-refractivity contribution in [3.8, 4) is 0 Å². The summed E-state index contributed by atoms with van der Waals surface area (Å²) in [6.45, 7) is 12.2. The first-order chi connectivity index (χ1) is 8.26. The van der Waals surface area contributed by atoms with Gasteiger partial charge in [0.1, 0.15) is 6.54 Å². The summed E-state index contributed by atoms with van der Waals surface area (Å²) in [4.78, 5) is 12.4. The zero-order valence-electron chi connectivity index (χ0n) is 11.6. The molecule has 0 aromatic carbocycles. The second-order valence-electron chi connectivity index (χ2n) is 5.77. The minimum Gasteiger partial charge on any atom is -0.412 e. The molecule has 0 aliphatic carbocycles. The Bertz CT molecular complexity index is 373. The summed E-state index contributed by atoms with van der Waals surface area (Å²) in [6, 6.07) is 0. The maximum absolute atomic E-state index is 10.2. The lowest BCUT2D eigenvalue weighted by Crippen LogP contribution is -2.41. The zero-order valence-corrected chi connectivity index (χ0v) is 14.3. The summed E-state index contributed by atoms with van der Waals surface area (Å²) in [5.41, 5.74) is 0. The van der Waals surface area contributed by atoms with Gasteiger partial charge in [-0.3, -0.25) is 0 Å². The van der Waals surface area contributed by atoms with Gasteiger partial charge in [0, 0.05) is 9.81 Å². The Labute approximate surface area is 118 Å². The molecular weight excluding hydrogens is 282 g/mol. The topological polar surface area (TPSA) is 38.7 Å². The molecule has 0 saturated heterocycles. The molecule has 0 radical (unpaired) electrons. The molecule has 0 saturated carbocycles. The Morgan fingerprint density at radius 2 is 1.78 bits per heavy atom. The van der Waals surface area contributed by atoms with Crippen molar-refractivity contribution in [3.05, 3.63) is 26.9 Å².